The standard InChI is InChI=1S/C23H30N2O3/c26-22(21-9-5-17-27-21)24-18-20-10-11-23(28-20)12-15-25(16-13-23)14-4-8-19-6-2-1-3-7-19/h1-3,5-7,9,17,20H,4,8,10-16,18H2,(H,24,26). The molecule has 2 aliphatic rings. The van der Waals surface area contributed by atoms with Crippen LogP contribution in [0.3, 0.4) is 0 Å². The third kappa shape index (κ3) is 4.83. The number of ether oxygens (including phenoxy) is 1. The SMILES string of the molecule is O=C(NCC1CCC2(CCN(CCCc3ccccc3)CC2)O1)c1ccco1. The third-order valence-electron chi connectivity index (χ3n) is 6.12. The Morgan fingerprint density at radius 3 is 2.68 bits per heavy atom. The number of furan rings is 1. The highest BCUT2D eigenvalue weighted by Crippen LogP contribution is 2.38. The van der Waals surface area contributed by atoms with E-state index in [0.717, 1.165) is 51.7 Å². The van der Waals surface area contributed by atoms with E-state index in [4.69, 9.17) is 9.15 Å². The maximum Gasteiger partial charge on any atom is 0.287 e. The van der Waals surface area contributed by atoms with E-state index in [1.165, 1.54) is 18.2 Å². The van der Waals surface area contributed by atoms with Crippen LogP contribution in [0, 0.1) is 0 Å². The van der Waals surface area contributed by atoms with Crippen LogP contribution in [-0.2, 0) is 11.2 Å². The average molecular weight is 383 g/mol. The minimum atomic E-state index is -0.164. The van der Waals surface area contributed by atoms with Gasteiger partial charge in [0.2, 0.25) is 0 Å². The number of nitrogens with zero attached hydrogens (tertiary/aromatic N) is 1. The lowest BCUT2D eigenvalue weighted by molar-refractivity contribution is -0.0754. The molecule has 4 rings (SSSR count). The zero-order valence-corrected chi connectivity index (χ0v) is 16.4. The molecule has 1 amide bonds. The van der Waals surface area contributed by atoms with E-state index in [2.05, 4.69) is 40.5 Å². The summed E-state index contributed by atoms with van der Waals surface area (Å²) in [5.74, 6) is 0.194. The van der Waals surface area contributed by atoms with Gasteiger partial charge in [0.25, 0.3) is 5.91 Å². The number of carbonyl (C=O) groups is 1. The first-order chi connectivity index (χ1) is 13.7. The van der Waals surface area contributed by atoms with E-state index in [9.17, 15) is 4.79 Å². The summed E-state index contributed by atoms with van der Waals surface area (Å²) in [6, 6.07) is 14.1. The molecule has 2 saturated heterocycles. The van der Waals surface area contributed by atoms with Crippen LogP contribution >= 0.6 is 0 Å². The molecule has 0 bridgehead atoms. The molecule has 2 aliphatic heterocycles. The molecule has 0 saturated carbocycles. The van der Waals surface area contributed by atoms with Crippen LogP contribution in [0.4, 0.5) is 0 Å². The second kappa shape index (κ2) is 8.93. The van der Waals surface area contributed by atoms with Crippen molar-refractivity contribution in [2.45, 2.75) is 50.2 Å². The summed E-state index contributed by atoms with van der Waals surface area (Å²) in [4.78, 5) is 14.6. The Kier molecular flexibility index (Phi) is 6.13. The van der Waals surface area contributed by atoms with Gasteiger partial charge in [0.1, 0.15) is 0 Å². The van der Waals surface area contributed by atoms with Gasteiger partial charge in [0.15, 0.2) is 5.76 Å². The monoisotopic (exact) mass is 382 g/mol. The van der Waals surface area contributed by atoms with Crippen LogP contribution in [-0.4, -0.2) is 48.7 Å². The topological polar surface area (TPSA) is 54.7 Å². The van der Waals surface area contributed by atoms with E-state index < -0.39 is 0 Å². The molecule has 5 heteroatoms. The van der Waals surface area contributed by atoms with Crippen LogP contribution in [0.15, 0.2) is 53.1 Å². The van der Waals surface area contributed by atoms with Gasteiger partial charge in [-0.15, -0.1) is 0 Å². The van der Waals surface area contributed by atoms with Gasteiger partial charge in [-0.25, -0.2) is 0 Å². The Hall–Kier alpha value is -2.11. The predicted molar refractivity (Wildman–Crippen MR) is 108 cm³/mol. The van der Waals surface area contributed by atoms with Crippen molar-refractivity contribution in [1.82, 2.24) is 10.2 Å². The zero-order valence-electron chi connectivity index (χ0n) is 16.4. The van der Waals surface area contributed by atoms with Gasteiger partial charge >= 0.3 is 0 Å². The van der Waals surface area contributed by atoms with Crippen molar-refractivity contribution < 1.29 is 13.9 Å². The fourth-order valence-electron chi connectivity index (χ4n) is 4.44. The van der Waals surface area contributed by atoms with Crippen molar-refractivity contribution in [1.29, 1.82) is 0 Å². The van der Waals surface area contributed by atoms with Crippen LogP contribution in [0.25, 0.3) is 0 Å². The molecule has 150 valence electrons. The molecule has 2 fully saturated rings. The number of rotatable bonds is 7. The van der Waals surface area contributed by atoms with Crippen molar-refractivity contribution in [2.24, 2.45) is 0 Å². The summed E-state index contributed by atoms with van der Waals surface area (Å²) in [6.45, 7) is 3.94. The fourth-order valence-corrected chi connectivity index (χ4v) is 4.44. The molecule has 5 nitrogen and oxygen atoms in total. The molecule has 1 atom stereocenters. The number of hydrogen-bond donors (Lipinski definition) is 1. The molecule has 1 spiro atoms. The second-order valence-electron chi connectivity index (χ2n) is 8.08. The molecule has 2 aromatic rings. The number of nitrogens with one attached hydrogen (secondary N) is 1. The highest BCUT2D eigenvalue weighted by molar-refractivity contribution is 5.91. The van der Waals surface area contributed by atoms with E-state index in [-0.39, 0.29) is 17.6 Å². The summed E-state index contributed by atoms with van der Waals surface area (Å²) in [5, 5.41) is 2.93. The predicted octanol–water partition coefficient (Wildman–Crippen LogP) is 3.66. The average Bonchev–Trinajstić information content (AvgIpc) is 3.40. The van der Waals surface area contributed by atoms with Gasteiger partial charge in [-0.3, -0.25) is 4.79 Å². The summed E-state index contributed by atoms with van der Waals surface area (Å²) < 4.78 is 11.5. The molecule has 0 aliphatic carbocycles. The lowest BCUT2D eigenvalue weighted by Gasteiger charge is -2.39. The molecule has 1 N–H and O–H groups in total. The maximum atomic E-state index is 12.0. The van der Waals surface area contributed by atoms with Crippen LogP contribution in [0.1, 0.15) is 48.2 Å². The van der Waals surface area contributed by atoms with Crippen molar-refractivity contribution in [3.05, 3.63) is 60.1 Å². The molecule has 3 heterocycles. The van der Waals surface area contributed by atoms with Crippen molar-refractivity contribution in [3.63, 3.8) is 0 Å². The molecule has 1 unspecified atom stereocenters. The molecule has 28 heavy (non-hydrogen) atoms. The van der Waals surface area contributed by atoms with Gasteiger partial charge in [-0.05, 0) is 62.8 Å². The van der Waals surface area contributed by atoms with Crippen molar-refractivity contribution >= 4 is 5.91 Å². The maximum absolute atomic E-state index is 12.0. The highest BCUT2D eigenvalue weighted by atomic mass is 16.5. The smallest absolute Gasteiger partial charge is 0.287 e. The molecule has 0 radical (unpaired) electrons. The zero-order chi connectivity index (χ0) is 19.2. The second-order valence-corrected chi connectivity index (χ2v) is 8.08. The van der Waals surface area contributed by atoms with E-state index >= 15 is 0 Å². The van der Waals surface area contributed by atoms with Crippen LogP contribution in [0.2, 0.25) is 0 Å². The summed E-state index contributed by atoms with van der Waals surface area (Å²) in [6.07, 6.45) is 8.31. The quantitative estimate of drug-likeness (QED) is 0.794. The number of amides is 1. The molecular weight excluding hydrogens is 352 g/mol. The number of likely N-dealkylation sites (tertiary alicyclic amines) is 1. The Morgan fingerprint density at radius 2 is 1.93 bits per heavy atom. The molecule has 1 aromatic carbocycles. The lowest BCUT2D eigenvalue weighted by atomic mass is 9.88. The first-order valence-electron chi connectivity index (χ1n) is 10.5. The normalized spacial score (nSPS) is 21.8. The minimum absolute atomic E-state index is 0.0238. The summed E-state index contributed by atoms with van der Waals surface area (Å²) in [7, 11) is 0. The number of hydrogen-bond acceptors (Lipinski definition) is 4. The Bertz CT molecular complexity index is 736. The van der Waals surface area contributed by atoms with Crippen molar-refractivity contribution in [3.8, 4) is 0 Å². The number of aryl methyl sites for hydroxylation is 1. The molecule has 1 aromatic heterocycles. The third-order valence-corrected chi connectivity index (χ3v) is 6.12. The fraction of sp³-hybridized carbons (Fsp3) is 0.522. The molecular formula is C23H30N2O3. The summed E-state index contributed by atoms with van der Waals surface area (Å²) >= 11 is 0. The Labute approximate surface area is 167 Å². The Morgan fingerprint density at radius 1 is 1.11 bits per heavy atom. The Balaban J connectivity index is 1.16. The number of piperidine rings is 1. The van der Waals surface area contributed by atoms with Gasteiger partial charge in [-0.1, -0.05) is 30.3 Å². The van der Waals surface area contributed by atoms with Crippen molar-refractivity contribution in [2.75, 3.05) is 26.2 Å². The number of carbonyl (C=O) groups excluding carboxylic acids is 1. The summed E-state index contributed by atoms with van der Waals surface area (Å²) in [5.41, 5.74) is 1.45. The first kappa shape index (κ1) is 19.2. The van der Waals surface area contributed by atoms with Gasteiger partial charge in [0, 0.05) is 19.6 Å². The largest absolute Gasteiger partial charge is 0.459 e. The minimum Gasteiger partial charge on any atom is -0.459 e. The first-order valence-corrected chi connectivity index (χ1v) is 10.5. The van der Waals surface area contributed by atoms with Gasteiger partial charge in [0.05, 0.1) is 18.0 Å². The van der Waals surface area contributed by atoms with Gasteiger partial charge in [-0.2, -0.15) is 0 Å². The van der Waals surface area contributed by atoms with E-state index in [1.807, 2.05) is 0 Å². The van der Waals surface area contributed by atoms with Crippen LogP contribution < -0.4 is 5.32 Å². The lowest BCUT2D eigenvalue weighted by Crippen LogP contribution is -2.45. The van der Waals surface area contributed by atoms with Gasteiger partial charge < -0.3 is 19.4 Å². The van der Waals surface area contributed by atoms with E-state index in [0.29, 0.717) is 12.3 Å². The van der Waals surface area contributed by atoms with Crippen LogP contribution in [0.5, 0.6) is 0 Å². The van der Waals surface area contributed by atoms with E-state index in [1.54, 1.807) is 12.1 Å². The number of benzene rings is 1. The highest BCUT2D eigenvalue weighted by Gasteiger charge is 2.42.